The highest BCUT2D eigenvalue weighted by atomic mass is 16.5. The molecule has 0 radical (unpaired) electrons. The number of ether oxygens (including phenoxy) is 1. The maximum atomic E-state index is 13.4. The molecule has 0 atom stereocenters. The molecule has 4 rings (SSSR count). The van der Waals surface area contributed by atoms with Crippen LogP contribution >= 0.6 is 0 Å². The summed E-state index contributed by atoms with van der Waals surface area (Å²) in [7, 11) is 1.56. The van der Waals surface area contributed by atoms with Crippen LogP contribution in [0.1, 0.15) is 44.1 Å². The van der Waals surface area contributed by atoms with Crippen LogP contribution in [0.4, 0.5) is 4.79 Å². The van der Waals surface area contributed by atoms with Crippen LogP contribution in [0.15, 0.2) is 30.3 Å². The largest absolute Gasteiger partial charge is 0.383 e. The molecule has 2 saturated heterocycles. The molecule has 3 fully saturated rings. The summed E-state index contributed by atoms with van der Waals surface area (Å²) in [6.07, 6.45) is 5.05. The molecular formula is C23H31N3O4. The lowest BCUT2D eigenvalue weighted by molar-refractivity contribution is -0.141. The number of imide groups is 1. The van der Waals surface area contributed by atoms with Crippen molar-refractivity contribution in [3.63, 3.8) is 0 Å². The molecule has 2 heterocycles. The van der Waals surface area contributed by atoms with Crippen LogP contribution in [0.2, 0.25) is 0 Å². The Balaban J connectivity index is 1.49. The number of hydrogen-bond donors (Lipinski definition) is 0. The zero-order valence-electron chi connectivity index (χ0n) is 17.7. The lowest BCUT2D eigenvalue weighted by atomic mass is 9.85. The second kappa shape index (κ2) is 8.76. The van der Waals surface area contributed by atoms with Crippen molar-refractivity contribution in [2.75, 3.05) is 33.4 Å². The number of rotatable bonds is 8. The Bertz CT molecular complexity index is 785. The van der Waals surface area contributed by atoms with Crippen molar-refractivity contribution >= 4 is 17.8 Å². The zero-order valence-corrected chi connectivity index (χ0v) is 17.7. The van der Waals surface area contributed by atoms with Gasteiger partial charge in [0.2, 0.25) is 5.91 Å². The average Bonchev–Trinajstić information content (AvgIpc) is 3.58. The van der Waals surface area contributed by atoms with Crippen LogP contribution in [0, 0.1) is 5.92 Å². The standard InChI is InChI=1S/C23H31N3O4/c1-30-16-15-25-21(28)23(26(22(25)29)17-19-5-3-2-4-6-19)11-13-24(14-12-23)20(27)10-9-18-7-8-18/h2-6,18H,7-17H2,1H3. The third-order valence-electron chi connectivity index (χ3n) is 6.73. The van der Waals surface area contributed by atoms with Gasteiger partial charge in [0.15, 0.2) is 0 Å². The lowest BCUT2D eigenvalue weighted by Crippen LogP contribution is -2.57. The van der Waals surface area contributed by atoms with Crippen LogP contribution < -0.4 is 0 Å². The quantitative estimate of drug-likeness (QED) is 0.615. The molecule has 2 aliphatic heterocycles. The molecule has 1 saturated carbocycles. The van der Waals surface area contributed by atoms with Gasteiger partial charge in [-0.1, -0.05) is 43.2 Å². The van der Waals surface area contributed by atoms with E-state index in [0.717, 1.165) is 17.9 Å². The van der Waals surface area contributed by atoms with Crippen molar-refractivity contribution in [1.82, 2.24) is 14.7 Å². The molecule has 1 aromatic carbocycles. The first-order chi connectivity index (χ1) is 14.5. The molecule has 1 aliphatic carbocycles. The number of likely N-dealkylation sites (tertiary alicyclic amines) is 1. The van der Waals surface area contributed by atoms with E-state index in [2.05, 4.69) is 0 Å². The van der Waals surface area contributed by atoms with Gasteiger partial charge < -0.3 is 14.5 Å². The number of piperidine rings is 1. The monoisotopic (exact) mass is 413 g/mol. The molecule has 1 aromatic rings. The minimum atomic E-state index is -0.867. The Morgan fingerprint density at radius 2 is 1.83 bits per heavy atom. The maximum absolute atomic E-state index is 13.4. The number of benzene rings is 1. The molecule has 0 N–H and O–H groups in total. The molecule has 1 spiro atoms. The second-order valence-electron chi connectivity index (χ2n) is 8.70. The Morgan fingerprint density at radius 3 is 2.47 bits per heavy atom. The summed E-state index contributed by atoms with van der Waals surface area (Å²) in [4.78, 5) is 44.1. The van der Waals surface area contributed by atoms with Gasteiger partial charge in [-0.05, 0) is 30.7 Å². The molecule has 162 valence electrons. The third kappa shape index (κ3) is 4.08. The van der Waals surface area contributed by atoms with Crippen molar-refractivity contribution in [1.29, 1.82) is 0 Å². The lowest BCUT2D eigenvalue weighted by Gasteiger charge is -2.42. The molecule has 4 amide bonds. The topological polar surface area (TPSA) is 70.2 Å². The normalized spacial score (nSPS) is 21.0. The highest BCUT2D eigenvalue weighted by Crippen LogP contribution is 2.39. The first kappa shape index (κ1) is 20.8. The minimum absolute atomic E-state index is 0.148. The van der Waals surface area contributed by atoms with Gasteiger partial charge >= 0.3 is 6.03 Å². The summed E-state index contributed by atoms with van der Waals surface area (Å²) in [6.45, 7) is 2.01. The Labute approximate surface area is 177 Å². The molecule has 7 nitrogen and oxygen atoms in total. The van der Waals surface area contributed by atoms with E-state index in [1.807, 2.05) is 35.2 Å². The Kier molecular flexibility index (Phi) is 6.09. The van der Waals surface area contributed by atoms with E-state index in [4.69, 9.17) is 4.74 Å². The fraction of sp³-hybridized carbons (Fsp3) is 0.609. The third-order valence-corrected chi connectivity index (χ3v) is 6.73. The van der Waals surface area contributed by atoms with Crippen LogP contribution in [0.5, 0.6) is 0 Å². The van der Waals surface area contributed by atoms with Crippen LogP contribution in [0.25, 0.3) is 0 Å². The maximum Gasteiger partial charge on any atom is 0.328 e. The van der Waals surface area contributed by atoms with Crippen LogP contribution in [0.3, 0.4) is 0 Å². The fourth-order valence-electron chi connectivity index (χ4n) is 4.65. The minimum Gasteiger partial charge on any atom is -0.383 e. The van der Waals surface area contributed by atoms with Crippen molar-refractivity contribution in [3.8, 4) is 0 Å². The second-order valence-corrected chi connectivity index (χ2v) is 8.70. The van der Waals surface area contributed by atoms with Gasteiger partial charge in [0.1, 0.15) is 5.54 Å². The predicted octanol–water partition coefficient (Wildman–Crippen LogP) is 2.65. The smallest absolute Gasteiger partial charge is 0.328 e. The molecular weight excluding hydrogens is 382 g/mol. The Morgan fingerprint density at radius 1 is 1.13 bits per heavy atom. The summed E-state index contributed by atoms with van der Waals surface area (Å²) in [5.74, 6) is 0.764. The molecule has 0 aromatic heterocycles. The molecule has 3 aliphatic rings. The molecule has 0 unspecified atom stereocenters. The van der Waals surface area contributed by atoms with Crippen LogP contribution in [-0.4, -0.2) is 71.4 Å². The Hall–Kier alpha value is -2.41. The summed E-state index contributed by atoms with van der Waals surface area (Å²) in [5.41, 5.74) is 0.128. The number of hydrogen-bond acceptors (Lipinski definition) is 4. The van der Waals surface area contributed by atoms with Crippen molar-refractivity contribution < 1.29 is 19.1 Å². The summed E-state index contributed by atoms with van der Waals surface area (Å²) in [6, 6.07) is 9.50. The predicted molar refractivity (Wildman–Crippen MR) is 111 cm³/mol. The fourth-order valence-corrected chi connectivity index (χ4v) is 4.65. The van der Waals surface area contributed by atoms with E-state index in [0.29, 0.717) is 45.5 Å². The van der Waals surface area contributed by atoms with Gasteiger partial charge in [-0.15, -0.1) is 0 Å². The first-order valence-electron chi connectivity index (χ1n) is 11.0. The highest BCUT2D eigenvalue weighted by Gasteiger charge is 2.57. The zero-order chi connectivity index (χ0) is 21.1. The summed E-state index contributed by atoms with van der Waals surface area (Å²) < 4.78 is 5.11. The van der Waals surface area contributed by atoms with E-state index in [9.17, 15) is 14.4 Å². The summed E-state index contributed by atoms with van der Waals surface area (Å²) in [5, 5.41) is 0. The first-order valence-corrected chi connectivity index (χ1v) is 11.0. The number of amides is 4. The number of urea groups is 1. The number of methoxy groups -OCH3 is 1. The summed E-state index contributed by atoms with van der Waals surface area (Å²) >= 11 is 0. The highest BCUT2D eigenvalue weighted by molar-refractivity contribution is 6.07. The van der Waals surface area contributed by atoms with Gasteiger partial charge in [0.05, 0.1) is 13.2 Å². The van der Waals surface area contributed by atoms with Gasteiger partial charge in [0.25, 0.3) is 5.91 Å². The number of nitrogens with zero attached hydrogens (tertiary/aromatic N) is 3. The SMILES string of the molecule is COCCN1C(=O)N(Cc2ccccc2)C2(CCN(C(=O)CCC3CC3)CC2)C1=O. The molecule has 0 bridgehead atoms. The average molecular weight is 414 g/mol. The van der Waals surface area contributed by atoms with E-state index >= 15 is 0 Å². The van der Waals surface area contributed by atoms with Crippen molar-refractivity contribution in [2.45, 2.75) is 50.6 Å². The van der Waals surface area contributed by atoms with E-state index in [1.165, 1.54) is 17.7 Å². The molecule has 30 heavy (non-hydrogen) atoms. The van der Waals surface area contributed by atoms with E-state index in [1.54, 1.807) is 12.0 Å². The van der Waals surface area contributed by atoms with Crippen molar-refractivity contribution in [2.24, 2.45) is 5.92 Å². The van der Waals surface area contributed by atoms with Gasteiger partial charge in [-0.2, -0.15) is 0 Å². The number of carbonyl (C=O) groups excluding carboxylic acids is 3. The van der Waals surface area contributed by atoms with E-state index < -0.39 is 5.54 Å². The van der Waals surface area contributed by atoms with E-state index in [-0.39, 0.29) is 24.4 Å². The molecule has 7 heteroatoms. The number of carbonyl (C=O) groups is 3. The van der Waals surface area contributed by atoms with Gasteiger partial charge in [-0.3, -0.25) is 14.5 Å². The van der Waals surface area contributed by atoms with Gasteiger partial charge in [-0.25, -0.2) is 4.79 Å². The van der Waals surface area contributed by atoms with Crippen LogP contribution in [-0.2, 0) is 20.9 Å². The van der Waals surface area contributed by atoms with Crippen molar-refractivity contribution in [3.05, 3.63) is 35.9 Å². The van der Waals surface area contributed by atoms with Gasteiger partial charge in [0, 0.05) is 33.2 Å².